The molecule has 3 saturated heterocycles. The summed E-state index contributed by atoms with van der Waals surface area (Å²) in [5, 5.41) is 9.29. The van der Waals surface area contributed by atoms with Crippen LogP contribution in [0.1, 0.15) is 89.0 Å². The first kappa shape index (κ1) is 67.4. The second-order valence-electron chi connectivity index (χ2n) is 24.1. The van der Waals surface area contributed by atoms with E-state index in [0.29, 0.717) is 69.5 Å². The lowest BCUT2D eigenvalue weighted by molar-refractivity contribution is -0.136. The number of amides is 5. The number of nitrogens with zero attached hydrogens (tertiary/aromatic N) is 5. The number of hydrogen-bond acceptors (Lipinski definition) is 17. The number of fused-ring (bicyclic) bond motifs is 1. The van der Waals surface area contributed by atoms with E-state index in [2.05, 4.69) is 66.3 Å². The Morgan fingerprint density at radius 3 is 2.15 bits per heavy atom. The molecule has 91 heavy (non-hydrogen) atoms. The molecule has 0 radical (unpaired) electrons. The second-order valence-corrected chi connectivity index (χ2v) is 28.5. The number of piperazine rings is 2. The van der Waals surface area contributed by atoms with Gasteiger partial charge in [-0.2, -0.15) is 13.2 Å². The van der Waals surface area contributed by atoms with E-state index in [0.717, 1.165) is 117 Å². The SMILES string of the molecule is CC1(C)CCC(c2ccc(Cl)cc2)=C(CN2CCN(c3ccc(C(=O)NSc4ccc(N[C@H](CCN5CCN(CCOCCOCCNc6cccc7c6C(=O)N(C6CCC(=O)NC6=O)C7=O)CC5)CSc5ccccc5)c(S(=O)(=O)C(F)(F)F)c4)cc3)CC2)C1. The van der Waals surface area contributed by atoms with Gasteiger partial charge in [-0.1, -0.05) is 67.4 Å². The minimum atomic E-state index is -5.84. The van der Waals surface area contributed by atoms with Crippen LogP contribution >= 0.6 is 35.3 Å². The van der Waals surface area contributed by atoms with E-state index < -0.39 is 61.9 Å². The van der Waals surface area contributed by atoms with Crippen molar-refractivity contribution < 1.29 is 55.0 Å². The fraction of sp³-hybridized carbons (Fsp3) is 0.439. The zero-order valence-corrected chi connectivity index (χ0v) is 54.2. The molecule has 1 aliphatic carbocycles. The van der Waals surface area contributed by atoms with E-state index in [1.165, 1.54) is 46.7 Å². The van der Waals surface area contributed by atoms with Gasteiger partial charge >= 0.3 is 5.51 Å². The maximum Gasteiger partial charge on any atom is 0.501 e. The quantitative estimate of drug-likeness (QED) is 0.0167. The Morgan fingerprint density at radius 1 is 0.758 bits per heavy atom. The fourth-order valence-electron chi connectivity index (χ4n) is 12.2. The maximum atomic E-state index is 14.5. The van der Waals surface area contributed by atoms with E-state index in [-0.39, 0.29) is 40.0 Å². The first-order valence-corrected chi connectivity index (χ1v) is 34.5. The van der Waals surface area contributed by atoms with Crippen molar-refractivity contribution in [1.29, 1.82) is 0 Å². The van der Waals surface area contributed by atoms with Gasteiger partial charge in [0.15, 0.2) is 0 Å². The highest BCUT2D eigenvalue weighted by Gasteiger charge is 2.49. The number of allylic oxidation sites excluding steroid dienone is 1. The average molecular weight is 1330 g/mol. The van der Waals surface area contributed by atoms with Crippen molar-refractivity contribution in [2.24, 2.45) is 5.41 Å². The Morgan fingerprint density at radius 2 is 1.45 bits per heavy atom. The normalized spacial score (nSPS) is 18.9. The third-order valence-corrected chi connectivity index (χ3v) is 20.9. The highest BCUT2D eigenvalue weighted by Crippen LogP contribution is 2.43. The number of piperidine rings is 1. The molecular weight excluding hydrogens is 1250 g/mol. The topological polar surface area (TPSA) is 202 Å². The molecule has 5 amide bonds. The van der Waals surface area contributed by atoms with Gasteiger partial charge in [-0.15, -0.1) is 11.8 Å². The van der Waals surface area contributed by atoms with Gasteiger partial charge in [0, 0.05) is 129 Å². The number of carbonyl (C=O) groups excluding carboxylic acids is 5. The van der Waals surface area contributed by atoms with Crippen LogP contribution in [-0.2, 0) is 28.9 Å². The van der Waals surface area contributed by atoms with Crippen molar-refractivity contribution in [2.45, 2.75) is 84.7 Å². The Balaban J connectivity index is 0.666. The van der Waals surface area contributed by atoms with Crippen LogP contribution in [0.3, 0.4) is 0 Å². The highest BCUT2D eigenvalue weighted by atomic mass is 35.5. The third-order valence-electron chi connectivity index (χ3n) is 17.2. The number of anilines is 3. The summed E-state index contributed by atoms with van der Waals surface area (Å²) in [4.78, 5) is 74.6. The van der Waals surface area contributed by atoms with Crippen LogP contribution in [-0.4, -0.2) is 186 Å². The first-order valence-electron chi connectivity index (χ1n) is 30.8. The van der Waals surface area contributed by atoms with Crippen LogP contribution in [0.4, 0.5) is 30.2 Å². The number of ether oxygens (including phenoxy) is 2. The lowest BCUT2D eigenvalue weighted by atomic mass is 9.73. The molecule has 18 nitrogen and oxygen atoms in total. The minimum absolute atomic E-state index is 0.0331. The van der Waals surface area contributed by atoms with E-state index in [9.17, 15) is 45.6 Å². The largest absolute Gasteiger partial charge is 0.501 e. The van der Waals surface area contributed by atoms with Gasteiger partial charge in [-0.3, -0.25) is 48.7 Å². The summed E-state index contributed by atoms with van der Waals surface area (Å²) >= 11 is 8.49. The molecule has 5 aromatic rings. The molecule has 5 aromatic carbocycles. The molecule has 2 atom stereocenters. The van der Waals surface area contributed by atoms with Crippen molar-refractivity contribution in [1.82, 2.24) is 29.6 Å². The number of carbonyl (C=O) groups is 5. The van der Waals surface area contributed by atoms with E-state index in [1.807, 2.05) is 54.6 Å². The smallest absolute Gasteiger partial charge is 0.382 e. The number of sulfone groups is 1. The monoisotopic (exact) mass is 1330 g/mol. The van der Waals surface area contributed by atoms with Crippen molar-refractivity contribution in [3.8, 4) is 0 Å². The van der Waals surface area contributed by atoms with Gasteiger partial charge in [0.1, 0.15) is 10.9 Å². The number of benzene rings is 5. The standard InChI is InChI=1S/C66H77ClF3N9O9S3/c1-65(2)25-23-53(45-11-15-48(67)16-12-45)47(42-65)43-77-32-34-78(35-33-77)50-17-13-46(14-18-50)61(81)74-90-52-19-20-55(58(41-52)91(85,86)66(68,69)70)72-49(44-89-51-7-4-3-5-8-51)24-27-75-28-30-76(31-29-75)36-38-88-40-39-87-37-26-71-56-10-6-9-54-60(56)64(84)79(63(54)83)57-21-22-59(80)73-62(57)82/h3-20,41,49,57,71-72H,21-40,42-44H2,1-2H3,(H,74,81)(H,73,80,82)/t49-,57?/m1/s1. The second kappa shape index (κ2) is 30.5. The van der Waals surface area contributed by atoms with Crippen LogP contribution in [0.25, 0.3) is 5.57 Å². The number of hydrogen-bond donors (Lipinski definition) is 4. The predicted octanol–water partition coefficient (Wildman–Crippen LogP) is 9.98. The van der Waals surface area contributed by atoms with Gasteiger partial charge in [0.05, 0.1) is 43.2 Å². The molecule has 0 spiro atoms. The molecule has 0 saturated carbocycles. The Hall–Kier alpha value is -6.48. The Kier molecular flexibility index (Phi) is 22.6. The van der Waals surface area contributed by atoms with Crippen molar-refractivity contribution in [3.05, 3.63) is 148 Å². The number of nitrogens with one attached hydrogen (secondary N) is 4. The molecule has 5 aliphatic rings. The summed E-state index contributed by atoms with van der Waals surface area (Å²) in [7, 11) is -5.84. The number of halogens is 4. The predicted molar refractivity (Wildman–Crippen MR) is 349 cm³/mol. The molecule has 0 aromatic heterocycles. The summed E-state index contributed by atoms with van der Waals surface area (Å²) in [6, 6.07) is 32.1. The summed E-state index contributed by atoms with van der Waals surface area (Å²) in [6.07, 6.45) is 3.82. The van der Waals surface area contributed by atoms with Crippen LogP contribution < -0.4 is 25.6 Å². The summed E-state index contributed by atoms with van der Waals surface area (Å²) in [6.45, 7) is 15.1. The first-order chi connectivity index (χ1) is 43.7. The van der Waals surface area contributed by atoms with Gasteiger partial charge in [0.25, 0.3) is 27.6 Å². The van der Waals surface area contributed by atoms with Gasteiger partial charge in [-0.05, 0) is 139 Å². The van der Waals surface area contributed by atoms with E-state index >= 15 is 0 Å². The lowest BCUT2D eigenvalue weighted by Gasteiger charge is -2.39. The molecule has 1 unspecified atom stereocenters. The average Bonchev–Trinajstić information content (AvgIpc) is 1.71. The zero-order valence-electron chi connectivity index (χ0n) is 51.0. The highest BCUT2D eigenvalue weighted by molar-refractivity contribution is 7.99. The maximum absolute atomic E-state index is 14.5. The van der Waals surface area contributed by atoms with Crippen LogP contribution in [0, 0.1) is 5.41 Å². The van der Waals surface area contributed by atoms with Gasteiger partial charge in [0.2, 0.25) is 11.8 Å². The van der Waals surface area contributed by atoms with Crippen LogP contribution in [0.5, 0.6) is 0 Å². The van der Waals surface area contributed by atoms with Crippen molar-refractivity contribution in [3.63, 3.8) is 0 Å². The fourth-order valence-corrected chi connectivity index (χ4v) is 14.9. The number of rotatable bonds is 27. The molecule has 4 N–H and O–H groups in total. The molecule has 0 bridgehead atoms. The minimum Gasteiger partial charge on any atom is -0.382 e. The summed E-state index contributed by atoms with van der Waals surface area (Å²) in [5.74, 6) is -2.33. The molecule has 10 rings (SSSR count). The molecule has 4 aliphatic heterocycles. The molecular formula is C66H77ClF3N9O9S3. The number of alkyl halides is 3. The van der Waals surface area contributed by atoms with Crippen molar-refractivity contribution >= 4 is 97.3 Å². The Labute approximate surface area is 543 Å². The molecule has 486 valence electrons. The lowest BCUT2D eigenvalue weighted by Crippen LogP contribution is -2.54. The van der Waals surface area contributed by atoms with Gasteiger partial charge in [-0.25, -0.2) is 8.42 Å². The Bertz CT molecular complexity index is 3550. The summed E-state index contributed by atoms with van der Waals surface area (Å²) in [5.41, 5.74) is 0.737. The van der Waals surface area contributed by atoms with Crippen LogP contribution in [0.15, 0.2) is 136 Å². The van der Waals surface area contributed by atoms with Crippen LogP contribution in [0.2, 0.25) is 5.02 Å². The molecule has 3 fully saturated rings. The number of thioether (sulfide) groups is 1. The van der Waals surface area contributed by atoms with E-state index in [4.69, 9.17) is 21.1 Å². The molecule has 25 heteroatoms. The third kappa shape index (κ3) is 17.4. The zero-order chi connectivity index (χ0) is 64.3. The van der Waals surface area contributed by atoms with Gasteiger partial charge < -0.3 is 29.9 Å². The summed E-state index contributed by atoms with van der Waals surface area (Å²) < 4.78 is 84.3. The number of imide groups is 2. The molecule has 4 heterocycles. The van der Waals surface area contributed by atoms with E-state index in [1.54, 1.807) is 24.3 Å². The van der Waals surface area contributed by atoms with Crippen molar-refractivity contribution in [2.75, 3.05) is 126 Å².